The molecular weight excluding hydrogens is 172 g/mol. The Labute approximate surface area is 88.1 Å². The first-order valence-electron chi connectivity index (χ1n) is 6.33. The van der Waals surface area contributed by atoms with Gasteiger partial charge in [0, 0.05) is 12.1 Å². The predicted octanol–water partition coefficient (Wildman–Crippen LogP) is 2.00. The van der Waals surface area contributed by atoms with Crippen LogP contribution in [-0.2, 0) is 0 Å². The smallest absolute Gasteiger partial charge is 0.0108 e. The van der Waals surface area contributed by atoms with Gasteiger partial charge in [0.15, 0.2) is 0 Å². The van der Waals surface area contributed by atoms with E-state index in [9.17, 15) is 0 Å². The molecule has 0 bridgehead atoms. The van der Waals surface area contributed by atoms with Gasteiger partial charge in [0.1, 0.15) is 0 Å². The molecule has 1 N–H and O–H groups in total. The van der Waals surface area contributed by atoms with Gasteiger partial charge in [0.25, 0.3) is 0 Å². The highest BCUT2D eigenvalue weighted by Crippen LogP contribution is 2.20. The van der Waals surface area contributed by atoms with Gasteiger partial charge in [-0.1, -0.05) is 6.42 Å². The number of likely N-dealkylation sites (tertiary alicyclic amines) is 1. The first-order chi connectivity index (χ1) is 6.86. The van der Waals surface area contributed by atoms with Crippen molar-refractivity contribution in [3.05, 3.63) is 0 Å². The van der Waals surface area contributed by atoms with Crippen molar-refractivity contribution in [2.75, 3.05) is 19.6 Å². The largest absolute Gasteiger partial charge is 0.314 e. The molecule has 0 radical (unpaired) electrons. The molecule has 2 saturated heterocycles. The molecule has 2 heteroatoms. The third-order valence-corrected chi connectivity index (χ3v) is 3.81. The lowest BCUT2D eigenvalue weighted by molar-refractivity contribution is 0.151. The SMILES string of the molecule is CC1CCC(N2CCCCC2)CCN1. The molecule has 0 aromatic heterocycles. The molecule has 2 aliphatic heterocycles. The molecule has 2 heterocycles. The number of nitrogens with zero attached hydrogens (tertiary/aromatic N) is 1. The summed E-state index contributed by atoms with van der Waals surface area (Å²) in [5, 5.41) is 3.59. The van der Waals surface area contributed by atoms with E-state index in [1.165, 1.54) is 58.2 Å². The van der Waals surface area contributed by atoms with Gasteiger partial charge in [-0.2, -0.15) is 0 Å². The fraction of sp³-hybridized carbons (Fsp3) is 1.00. The van der Waals surface area contributed by atoms with Gasteiger partial charge < -0.3 is 10.2 Å². The van der Waals surface area contributed by atoms with Crippen molar-refractivity contribution in [2.45, 2.75) is 57.5 Å². The van der Waals surface area contributed by atoms with E-state index in [0.29, 0.717) is 0 Å². The number of hydrogen-bond acceptors (Lipinski definition) is 2. The van der Waals surface area contributed by atoms with E-state index >= 15 is 0 Å². The average Bonchev–Trinajstić information content (AvgIpc) is 2.44. The summed E-state index contributed by atoms with van der Waals surface area (Å²) in [6, 6.07) is 1.62. The number of piperidine rings is 1. The van der Waals surface area contributed by atoms with E-state index in [-0.39, 0.29) is 0 Å². The fourth-order valence-electron chi connectivity index (χ4n) is 2.83. The second-order valence-electron chi connectivity index (χ2n) is 4.97. The van der Waals surface area contributed by atoms with Crippen LogP contribution < -0.4 is 5.32 Å². The molecule has 0 aliphatic carbocycles. The van der Waals surface area contributed by atoms with Crippen LogP contribution in [0.2, 0.25) is 0 Å². The molecule has 2 nitrogen and oxygen atoms in total. The Bertz CT molecular complexity index is 164. The van der Waals surface area contributed by atoms with Crippen LogP contribution >= 0.6 is 0 Å². The first-order valence-corrected chi connectivity index (χ1v) is 6.33. The van der Waals surface area contributed by atoms with Crippen molar-refractivity contribution < 1.29 is 0 Å². The highest BCUT2D eigenvalue weighted by atomic mass is 15.2. The summed E-state index contributed by atoms with van der Waals surface area (Å²) in [5.41, 5.74) is 0. The lowest BCUT2D eigenvalue weighted by Gasteiger charge is -2.33. The van der Waals surface area contributed by atoms with E-state index < -0.39 is 0 Å². The molecule has 2 fully saturated rings. The summed E-state index contributed by atoms with van der Waals surface area (Å²) in [4.78, 5) is 2.74. The van der Waals surface area contributed by atoms with Gasteiger partial charge in [-0.25, -0.2) is 0 Å². The minimum atomic E-state index is 0.741. The van der Waals surface area contributed by atoms with Crippen LogP contribution in [0.4, 0.5) is 0 Å². The van der Waals surface area contributed by atoms with Gasteiger partial charge in [0.05, 0.1) is 0 Å². The maximum Gasteiger partial charge on any atom is 0.0108 e. The van der Waals surface area contributed by atoms with E-state index in [1.54, 1.807) is 0 Å². The van der Waals surface area contributed by atoms with E-state index in [2.05, 4.69) is 17.1 Å². The lowest BCUT2D eigenvalue weighted by atomic mass is 10.0. The van der Waals surface area contributed by atoms with Gasteiger partial charge in [-0.3, -0.25) is 0 Å². The minimum absolute atomic E-state index is 0.741. The Kier molecular flexibility index (Phi) is 3.82. The molecule has 0 aromatic carbocycles. The van der Waals surface area contributed by atoms with Crippen LogP contribution in [0.1, 0.15) is 45.4 Å². The molecule has 0 saturated carbocycles. The van der Waals surface area contributed by atoms with Crippen molar-refractivity contribution in [3.63, 3.8) is 0 Å². The summed E-state index contributed by atoms with van der Waals surface area (Å²) in [6.45, 7) is 6.26. The normalized spacial score (nSPS) is 36.6. The Morgan fingerprint density at radius 2 is 1.79 bits per heavy atom. The molecule has 2 aliphatic rings. The van der Waals surface area contributed by atoms with Crippen molar-refractivity contribution in [1.29, 1.82) is 0 Å². The quantitative estimate of drug-likeness (QED) is 0.690. The second-order valence-corrected chi connectivity index (χ2v) is 4.97. The summed E-state index contributed by atoms with van der Waals surface area (Å²) >= 11 is 0. The van der Waals surface area contributed by atoms with Crippen LogP contribution in [0.25, 0.3) is 0 Å². The minimum Gasteiger partial charge on any atom is -0.314 e. The zero-order chi connectivity index (χ0) is 9.80. The summed E-state index contributed by atoms with van der Waals surface area (Å²) in [6.07, 6.45) is 8.45. The summed E-state index contributed by atoms with van der Waals surface area (Å²) < 4.78 is 0. The topological polar surface area (TPSA) is 15.3 Å². The Hall–Kier alpha value is -0.0800. The van der Waals surface area contributed by atoms with Gasteiger partial charge in [-0.15, -0.1) is 0 Å². The number of hydrogen-bond donors (Lipinski definition) is 1. The van der Waals surface area contributed by atoms with Gasteiger partial charge in [0.2, 0.25) is 0 Å². The lowest BCUT2D eigenvalue weighted by Crippen LogP contribution is -2.39. The van der Waals surface area contributed by atoms with E-state index in [4.69, 9.17) is 0 Å². The summed E-state index contributed by atoms with van der Waals surface area (Å²) in [7, 11) is 0. The van der Waals surface area contributed by atoms with Gasteiger partial charge in [-0.05, 0) is 58.7 Å². The molecule has 2 rings (SSSR count). The van der Waals surface area contributed by atoms with Crippen LogP contribution in [0, 0.1) is 0 Å². The first kappa shape index (κ1) is 10.4. The Balaban J connectivity index is 1.83. The van der Waals surface area contributed by atoms with Crippen molar-refractivity contribution in [1.82, 2.24) is 10.2 Å². The van der Waals surface area contributed by atoms with E-state index in [1.807, 2.05) is 0 Å². The molecule has 0 aromatic rings. The second kappa shape index (κ2) is 5.13. The van der Waals surface area contributed by atoms with Crippen LogP contribution in [0.15, 0.2) is 0 Å². The zero-order valence-electron chi connectivity index (χ0n) is 9.47. The fourth-order valence-corrected chi connectivity index (χ4v) is 2.83. The highest BCUT2D eigenvalue weighted by molar-refractivity contribution is 4.80. The third-order valence-electron chi connectivity index (χ3n) is 3.81. The standard InChI is InChI=1S/C12H24N2/c1-11-5-6-12(7-8-13-11)14-9-3-2-4-10-14/h11-13H,2-10H2,1H3. The molecular formula is C12H24N2. The highest BCUT2D eigenvalue weighted by Gasteiger charge is 2.22. The average molecular weight is 196 g/mol. The molecule has 0 amide bonds. The third kappa shape index (κ3) is 2.71. The van der Waals surface area contributed by atoms with Crippen molar-refractivity contribution in [3.8, 4) is 0 Å². The van der Waals surface area contributed by atoms with Crippen LogP contribution in [-0.4, -0.2) is 36.6 Å². The Morgan fingerprint density at radius 1 is 1.00 bits per heavy atom. The summed E-state index contributed by atoms with van der Waals surface area (Å²) in [5.74, 6) is 0. The van der Waals surface area contributed by atoms with Crippen LogP contribution in [0.3, 0.4) is 0 Å². The molecule has 2 atom stereocenters. The van der Waals surface area contributed by atoms with Crippen LogP contribution in [0.5, 0.6) is 0 Å². The van der Waals surface area contributed by atoms with Gasteiger partial charge >= 0.3 is 0 Å². The molecule has 14 heavy (non-hydrogen) atoms. The molecule has 0 spiro atoms. The molecule has 2 unspecified atom stereocenters. The predicted molar refractivity (Wildman–Crippen MR) is 60.5 cm³/mol. The zero-order valence-corrected chi connectivity index (χ0v) is 9.47. The maximum atomic E-state index is 3.59. The monoisotopic (exact) mass is 196 g/mol. The van der Waals surface area contributed by atoms with Crippen molar-refractivity contribution >= 4 is 0 Å². The number of nitrogens with one attached hydrogen (secondary N) is 1. The maximum absolute atomic E-state index is 3.59. The van der Waals surface area contributed by atoms with E-state index in [0.717, 1.165) is 12.1 Å². The number of rotatable bonds is 1. The Morgan fingerprint density at radius 3 is 2.57 bits per heavy atom. The molecule has 82 valence electrons. The van der Waals surface area contributed by atoms with Crippen molar-refractivity contribution in [2.24, 2.45) is 0 Å².